The Morgan fingerprint density at radius 3 is 2.79 bits per heavy atom. The van der Waals surface area contributed by atoms with Gasteiger partial charge in [-0.3, -0.25) is 9.69 Å². The lowest BCUT2D eigenvalue weighted by atomic mass is 9.93. The Balaban J connectivity index is 1.88. The minimum absolute atomic E-state index is 0.0961. The molecule has 8 nitrogen and oxygen atoms in total. The van der Waals surface area contributed by atoms with Gasteiger partial charge in [0.05, 0.1) is 17.3 Å². The summed E-state index contributed by atoms with van der Waals surface area (Å²) in [6, 6.07) is 7.20. The number of amidine groups is 1. The number of benzene rings is 1. The van der Waals surface area contributed by atoms with Crippen molar-refractivity contribution in [1.82, 2.24) is 9.80 Å². The molecule has 29 heavy (non-hydrogen) atoms. The van der Waals surface area contributed by atoms with Crippen molar-refractivity contribution in [2.75, 3.05) is 19.9 Å². The van der Waals surface area contributed by atoms with E-state index < -0.39 is 6.04 Å². The number of nitrogens with zero attached hydrogens (tertiary/aromatic N) is 4. The third-order valence-electron chi connectivity index (χ3n) is 5.17. The molecular formula is C20H21N5O3S. The van der Waals surface area contributed by atoms with Crippen LogP contribution < -0.4 is 15.2 Å². The summed E-state index contributed by atoms with van der Waals surface area (Å²) in [7, 11) is 0. The first-order valence-electron chi connectivity index (χ1n) is 9.35. The number of likely N-dealkylation sites (N-methyl/N-ethyl adjacent to an activating group) is 1. The molecule has 3 heterocycles. The predicted octanol–water partition coefficient (Wildman–Crippen LogP) is 2.67. The Bertz CT molecular complexity index is 1020. The van der Waals surface area contributed by atoms with Crippen molar-refractivity contribution in [3.8, 4) is 17.6 Å². The number of allylic oxidation sites excluding steroid dienone is 2. The molecule has 0 bridgehead atoms. The van der Waals surface area contributed by atoms with Crippen molar-refractivity contribution >= 4 is 22.8 Å². The Morgan fingerprint density at radius 2 is 2.10 bits per heavy atom. The fourth-order valence-corrected chi connectivity index (χ4v) is 4.61. The van der Waals surface area contributed by atoms with Crippen molar-refractivity contribution in [2.45, 2.75) is 26.8 Å². The second-order valence-corrected chi connectivity index (χ2v) is 7.66. The van der Waals surface area contributed by atoms with Crippen molar-refractivity contribution in [3.05, 3.63) is 45.8 Å². The molecule has 0 unspecified atom stereocenters. The largest absolute Gasteiger partial charge is 0.454 e. The molecule has 0 radical (unpaired) electrons. The number of rotatable bonds is 4. The van der Waals surface area contributed by atoms with E-state index in [2.05, 4.69) is 11.1 Å². The van der Waals surface area contributed by atoms with Gasteiger partial charge in [-0.15, -0.1) is 0 Å². The Labute approximate surface area is 173 Å². The average molecular weight is 411 g/mol. The van der Waals surface area contributed by atoms with E-state index in [1.807, 2.05) is 39.0 Å². The zero-order valence-corrected chi connectivity index (χ0v) is 17.2. The standard InChI is InChI=1S/C20H21N5O3S/c1-4-24(5-2)19(26)16-11(3)23-20-25(18(22)15(9-21)29-20)17(16)12-6-7-13-14(8-12)28-10-27-13/h6-8,17H,4-5,10,22H2,1-3H3/t17-/m0/s1. The summed E-state index contributed by atoms with van der Waals surface area (Å²) in [5.41, 5.74) is 8.29. The van der Waals surface area contributed by atoms with E-state index in [4.69, 9.17) is 15.2 Å². The molecule has 0 fully saturated rings. The lowest BCUT2D eigenvalue weighted by molar-refractivity contribution is -0.127. The Hall–Kier alpha value is -3.12. The minimum Gasteiger partial charge on any atom is -0.454 e. The monoisotopic (exact) mass is 411 g/mol. The van der Waals surface area contributed by atoms with Gasteiger partial charge in [-0.1, -0.05) is 6.07 Å². The van der Waals surface area contributed by atoms with Gasteiger partial charge in [0.25, 0.3) is 5.91 Å². The highest BCUT2D eigenvalue weighted by molar-refractivity contribution is 8.17. The molecule has 9 heteroatoms. The number of carbonyl (C=O) groups is 1. The average Bonchev–Trinajstić information content (AvgIpc) is 3.31. The van der Waals surface area contributed by atoms with Crippen LogP contribution in [0.2, 0.25) is 0 Å². The minimum atomic E-state index is -0.511. The van der Waals surface area contributed by atoms with Crippen LogP contribution in [0, 0.1) is 11.3 Å². The van der Waals surface area contributed by atoms with Gasteiger partial charge < -0.3 is 20.1 Å². The molecule has 1 atom stereocenters. The SMILES string of the molecule is CCN(CC)C(=O)C1=C(C)N=C2SC(C#N)=C(N)N2[C@H]1c1ccc2c(c1)OCO2. The van der Waals surface area contributed by atoms with Crippen LogP contribution in [0.25, 0.3) is 0 Å². The van der Waals surface area contributed by atoms with Gasteiger partial charge in [0.1, 0.15) is 16.8 Å². The van der Waals surface area contributed by atoms with Crippen molar-refractivity contribution in [2.24, 2.45) is 10.7 Å². The zero-order valence-electron chi connectivity index (χ0n) is 16.4. The third kappa shape index (κ3) is 3.00. The van der Waals surface area contributed by atoms with Crippen LogP contribution in [0.15, 0.2) is 45.2 Å². The molecule has 3 aliphatic rings. The molecule has 1 aromatic carbocycles. The molecule has 0 saturated heterocycles. The third-order valence-corrected chi connectivity index (χ3v) is 6.15. The number of hydrogen-bond acceptors (Lipinski definition) is 8. The first-order chi connectivity index (χ1) is 14.0. The molecule has 0 aromatic heterocycles. The highest BCUT2D eigenvalue weighted by Gasteiger charge is 2.43. The fraction of sp³-hybridized carbons (Fsp3) is 0.350. The summed E-state index contributed by atoms with van der Waals surface area (Å²) >= 11 is 1.22. The van der Waals surface area contributed by atoms with Gasteiger partial charge in [0.2, 0.25) is 6.79 Å². The van der Waals surface area contributed by atoms with Gasteiger partial charge >= 0.3 is 0 Å². The second kappa shape index (κ2) is 7.37. The highest BCUT2D eigenvalue weighted by atomic mass is 32.2. The molecule has 1 aromatic rings. The van der Waals surface area contributed by atoms with E-state index in [-0.39, 0.29) is 12.7 Å². The second-order valence-electron chi connectivity index (χ2n) is 6.68. The smallest absolute Gasteiger partial charge is 0.254 e. The normalized spacial score (nSPS) is 19.9. The fourth-order valence-electron chi connectivity index (χ4n) is 3.69. The summed E-state index contributed by atoms with van der Waals surface area (Å²) in [6.07, 6.45) is 0. The number of carbonyl (C=O) groups excluding carboxylic acids is 1. The highest BCUT2D eigenvalue weighted by Crippen LogP contribution is 2.47. The van der Waals surface area contributed by atoms with Crippen LogP contribution in [-0.4, -0.2) is 40.8 Å². The van der Waals surface area contributed by atoms with E-state index >= 15 is 0 Å². The quantitative estimate of drug-likeness (QED) is 0.812. The van der Waals surface area contributed by atoms with Crippen molar-refractivity contribution in [1.29, 1.82) is 5.26 Å². The molecule has 3 aliphatic heterocycles. The van der Waals surface area contributed by atoms with E-state index in [0.29, 0.717) is 51.8 Å². The Morgan fingerprint density at radius 1 is 1.38 bits per heavy atom. The number of aliphatic imine (C=N–C) groups is 1. The van der Waals surface area contributed by atoms with Gasteiger partial charge in [-0.2, -0.15) is 5.26 Å². The zero-order chi connectivity index (χ0) is 20.7. The Kier molecular flexibility index (Phi) is 4.88. The molecule has 150 valence electrons. The number of nitrogens with two attached hydrogens (primary N) is 1. The van der Waals surface area contributed by atoms with E-state index in [0.717, 1.165) is 5.56 Å². The van der Waals surface area contributed by atoms with Crippen LogP contribution in [0.5, 0.6) is 11.5 Å². The summed E-state index contributed by atoms with van der Waals surface area (Å²) < 4.78 is 11.0. The summed E-state index contributed by atoms with van der Waals surface area (Å²) in [4.78, 5) is 21.9. The molecule has 1 amide bonds. The van der Waals surface area contributed by atoms with Crippen LogP contribution in [0.1, 0.15) is 32.4 Å². The van der Waals surface area contributed by atoms with Gasteiger partial charge in [0, 0.05) is 13.1 Å². The number of fused-ring (bicyclic) bond motifs is 2. The number of hydrogen-bond donors (Lipinski definition) is 1. The summed E-state index contributed by atoms with van der Waals surface area (Å²) in [6.45, 7) is 7.04. The van der Waals surface area contributed by atoms with Crippen molar-refractivity contribution < 1.29 is 14.3 Å². The maximum Gasteiger partial charge on any atom is 0.254 e. The first kappa shape index (κ1) is 19.2. The number of amides is 1. The van der Waals surface area contributed by atoms with Crippen LogP contribution in [0.3, 0.4) is 0 Å². The van der Waals surface area contributed by atoms with Crippen molar-refractivity contribution in [3.63, 3.8) is 0 Å². The van der Waals surface area contributed by atoms with E-state index in [1.165, 1.54) is 11.8 Å². The van der Waals surface area contributed by atoms with Crippen LogP contribution in [0.4, 0.5) is 0 Å². The molecule has 4 rings (SSSR count). The van der Waals surface area contributed by atoms with Crippen LogP contribution >= 0.6 is 11.8 Å². The molecular weight excluding hydrogens is 390 g/mol. The van der Waals surface area contributed by atoms with Crippen LogP contribution in [-0.2, 0) is 4.79 Å². The van der Waals surface area contributed by atoms with Gasteiger partial charge in [-0.25, -0.2) is 4.99 Å². The number of ether oxygens (including phenoxy) is 2. The lowest BCUT2D eigenvalue weighted by Crippen LogP contribution is -2.42. The summed E-state index contributed by atoms with van der Waals surface area (Å²) in [5, 5.41) is 10.0. The summed E-state index contributed by atoms with van der Waals surface area (Å²) in [5.74, 6) is 1.49. The maximum absolute atomic E-state index is 13.4. The van der Waals surface area contributed by atoms with Gasteiger partial charge in [0.15, 0.2) is 16.7 Å². The molecule has 0 spiro atoms. The lowest BCUT2D eigenvalue weighted by Gasteiger charge is -2.36. The van der Waals surface area contributed by atoms with E-state index in [1.54, 1.807) is 9.80 Å². The first-order valence-corrected chi connectivity index (χ1v) is 10.2. The van der Waals surface area contributed by atoms with Gasteiger partial charge in [-0.05, 0) is 50.2 Å². The molecule has 2 N–H and O–H groups in total. The predicted molar refractivity (Wildman–Crippen MR) is 110 cm³/mol. The molecule has 0 aliphatic carbocycles. The topological polar surface area (TPSA) is 104 Å². The number of nitriles is 1. The van der Waals surface area contributed by atoms with E-state index in [9.17, 15) is 10.1 Å². The molecule has 0 saturated carbocycles. The maximum atomic E-state index is 13.4. The number of thioether (sulfide) groups is 1.